The van der Waals surface area contributed by atoms with E-state index >= 15 is 0 Å². The molecule has 2 rings (SSSR count). The first-order valence-corrected chi connectivity index (χ1v) is 7.39. The molecule has 0 bridgehead atoms. The molecule has 1 heterocycles. The number of nitrogens with zero attached hydrogens (tertiary/aromatic N) is 1. The van der Waals surface area contributed by atoms with Gasteiger partial charge in [-0.15, -0.1) is 0 Å². The number of carbonyl (C=O) groups excluding carboxylic acids is 1. The Balaban J connectivity index is 1.89. The molecule has 0 radical (unpaired) electrons. The molecule has 0 aliphatic heterocycles. The van der Waals surface area contributed by atoms with Crippen LogP contribution in [0.15, 0.2) is 30.5 Å². The molecule has 1 aromatic heterocycles. The summed E-state index contributed by atoms with van der Waals surface area (Å²) in [4.78, 5) is 15.8. The van der Waals surface area contributed by atoms with Crippen LogP contribution in [0, 0.1) is 0 Å². The highest BCUT2D eigenvalue weighted by molar-refractivity contribution is 6.35. The van der Waals surface area contributed by atoms with Crippen molar-refractivity contribution in [3.63, 3.8) is 0 Å². The number of rotatable bonds is 7. The molecule has 0 saturated heterocycles. The number of fused-ring (bicyclic) bond motifs is 1. The standard InChI is InChI=1S/C16H18ClNO4/c1-11(2)20-8-9-21-15(19)10-22-14-6-5-13(17)12-4-3-7-18-16(12)14/h3-7,11H,8-10H2,1-2H3. The Labute approximate surface area is 134 Å². The lowest BCUT2D eigenvalue weighted by Crippen LogP contribution is -2.18. The Hall–Kier alpha value is -1.85. The van der Waals surface area contributed by atoms with Gasteiger partial charge in [-0.2, -0.15) is 0 Å². The average Bonchev–Trinajstić information content (AvgIpc) is 2.51. The van der Waals surface area contributed by atoms with Crippen molar-refractivity contribution in [2.24, 2.45) is 0 Å². The highest BCUT2D eigenvalue weighted by Gasteiger charge is 2.09. The van der Waals surface area contributed by atoms with E-state index in [0.717, 1.165) is 5.39 Å². The van der Waals surface area contributed by atoms with Crippen LogP contribution in [0.2, 0.25) is 5.02 Å². The van der Waals surface area contributed by atoms with E-state index in [-0.39, 0.29) is 19.3 Å². The van der Waals surface area contributed by atoms with E-state index in [4.69, 9.17) is 25.8 Å². The minimum atomic E-state index is -0.452. The van der Waals surface area contributed by atoms with E-state index in [2.05, 4.69) is 4.98 Å². The molecule has 0 saturated carbocycles. The molecule has 2 aromatic rings. The van der Waals surface area contributed by atoms with Crippen LogP contribution in [0.5, 0.6) is 5.75 Å². The fraction of sp³-hybridized carbons (Fsp3) is 0.375. The molecule has 22 heavy (non-hydrogen) atoms. The number of ether oxygens (including phenoxy) is 3. The normalized spacial score (nSPS) is 10.9. The molecular weight excluding hydrogens is 306 g/mol. The van der Waals surface area contributed by atoms with Crippen LogP contribution in [0.1, 0.15) is 13.8 Å². The van der Waals surface area contributed by atoms with Gasteiger partial charge in [0.2, 0.25) is 0 Å². The van der Waals surface area contributed by atoms with Crippen LogP contribution < -0.4 is 4.74 Å². The summed E-state index contributed by atoms with van der Waals surface area (Å²) >= 11 is 6.10. The van der Waals surface area contributed by atoms with Crippen molar-refractivity contribution in [3.05, 3.63) is 35.5 Å². The van der Waals surface area contributed by atoms with Gasteiger partial charge < -0.3 is 14.2 Å². The van der Waals surface area contributed by atoms with Gasteiger partial charge in [-0.05, 0) is 38.1 Å². The Morgan fingerprint density at radius 2 is 2.09 bits per heavy atom. The van der Waals surface area contributed by atoms with Gasteiger partial charge in [0.15, 0.2) is 6.61 Å². The smallest absolute Gasteiger partial charge is 0.344 e. The Kier molecular flexibility index (Phi) is 5.98. The van der Waals surface area contributed by atoms with Gasteiger partial charge in [-0.1, -0.05) is 11.6 Å². The van der Waals surface area contributed by atoms with Gasteiger partial charge in [0.05, 0.1) is 17.7 Å². The summed E-state index contributed by atoms with van der Waals surface area (Å²) in [7, 11) is 0. The number of hydrogen-bond donors (Lipinski definition) is 0. The molecular formula is C16H18ClNO4. The fourth-order valence-electron chi connectivity index (χ4n) is 1.85. The van der Waals surface area contributed by atoms with E-state index in [1.165, 1.54) is 0 Å². The van der Waals surface area contributed by atoms with E-state index in [1.54, 1.807) is 24.4 Å². The van der Waals surface area contributed by atoms with Crippen molar-refractivity contribution < 1.29 is 19.0 Å². The number of esters is 1. The van der Waals surface area contributed by atoms with Gasteiger partial charge in [0.1, 0.15) is 17.9 Å². The van der Waals surface area contributed by atoms with Crippen molar-refractivity contribution in [2.45, 2.75) is 20.0 Å². The van der Waals surface area contributed by atoms with Gasteiger partial charge >= 0.3 is 5.97 Å². The summed E-state index contributed by atoms with van der Waals surface area (Å²) in [6.07, 6.45) is 1.76. The molecule has 0 atom stereocenters. The SMILES string of the molecule is CC(C)OCCOC(=O)COc1ccc(Cl)c2cccnc12. The number of pyridine rings is 1. The van der Waals surface area contributed by atoms with Crippen molar-refractivity contribution in [1.82, 2.24) is 4.98 Å². The lowest BCUT2D eigenvalue weighted by molar-refractivity contribution is -0.148. The minimum absolute atomic E-state index is 0.112. The van der Waals surface area contributed by atoms with Crippen molar-refractivity contribution in [1.29, 1.82) is 0 Å². The Bertz CT molecular complexity index is 645. The molecule has 0 unspecified atom stereocenters. The molecule has 0 aliphatic carbocycles. The van der Waals surface area contributed by atoms with Crippen LogP contribution in [-0.2, 0) is 14.3 Å². The van der Waals surface area contributed by atoms with Crippen LogP contribution in [-0.4, -0.2) is 36.9 Å². The molecule has 118 valence electrons. The number of carbonyl (C=O) groups is 1. The second kappa shape index (κ2) is 7.96. The van der Waals surface area contributed by atoms with E-state index in [0.29, 0.717) is 22.9 Å². The van der Waals surface area contributed by atoms with Crippen LogP contribution in [0.3, 0.4) is 0 Å². The first kappa shape index (κ1) is 16.5. The summed E-state index contributed by atoms with van der Waals surface area (Å²) in [6.45, 7) is 4.23. The monoisotopic (exact) mass is 323 g/mol. The van der Waals surface area contributed by atoms with Crippen LogP contribution >= 0.6 is 11.6 Å². The number of hydrogen-bond acceptors (Lipinski definition) is 5. The summed E-state index contributed by atoms with van der Waals surface area (Å²) in [6, 6.07) is 7.04. The molecule has 5 nitrogen and oxygen atoms in total. The Morgan fingerprint density at radius 3 is 2.86 bits per heavy atom. The highest BCUT2D eigenvalue weighted by atomic mass is 35.5. The lowest BCUT2D eigenvalue weighted by Gasteiger charge is -2.10. The van der Waals surface area contributed by atoms with E-state index in [1.807, 2.05) is 19.9 Å². The maximum atomic E-state index is 11.6. The minimum Gasteiger partial charge on any atom is -0.480 e. The van der Waals surface area contributed by atoms with Gasteiger partial charge in [0.25, 0.3) is 0 Å². The maximum absolute atomic E-state index is 11.6. The quantitative estimate of drug-likeness (QED) is 0.578. The average molecular weight is 324 g/mol. The molecule has 0 aliphatic rings. The summed E-state index contributed by atoms with van der Waals surface area (Å²) in [5, 5.41) is 1.37. The Morgan fingerprint density at radius 1 is 1.27 bits per heavy atom. The third kappa shape index (κ3) is 4.58. The number of benzene rings is 1. The summed E-state index contributed by atoms with van der Waals surface area (Å²) in [5.74, 6) is 0.0433. The zero-order valence-electron chi connectivity index (χ0n) is 12.5. The predicted octanol–water partition coefficient (Wildman–Crippen LogP) is 3.24. The molecule has 1 aromatic carbocycles. The third-order valence-electron chi connectivity index (χ3n) is 2.82. The topological polar surface area (TPSA) is 57.7 Å². The van der Waals surface area contributed by atoms with Crippen molar-refractivity contribution >= 4 is 28.5 Å². The fourth-order valence-corrected chi connectivity index (χ4v) is 2.06. The van der Waals surface area contributed by atoms with E-state index < -0.39 is 5.97 Å². The second-order valence-corrected chi connectivity index (χ2v) is 5.28. The van der Waals surface area contributed by atoms with Gasteiger partial charge in [-0.25, -0.2) is 4.79 Å². The van der Waals surface area contributed by atoms with Crippen LogP contribution in [0.4, 0.5) is 0 Å². The largest absolute Gasteiger partial charge is 0.480 e. The lowest BCUT2D eigenvalue weighted by atomic mass is 10.2. The summed E-state index contributed by atoms with van der Waals surface area (Å²) in [5.41, 5.74) is 0.617. The van der Waals surface area contributed by atoms with Crippen molar-refractivity contribution in [2.75, 3.05) is 19.8 Å². The van der Waals surface area contributed by atoms with Crippen molar-refractivity contribution in [3.8, 4) is 5.75 Å². The first-order valence-electron chi connectivity index (χ1n) is 7.01. The molecule has 0 N–H and O–H groups in total. The zero-order valence-corrected chi connectivity index (χ0v) is 13.3. The third-order valence-corrected chi connectivity index (χ3v) is 3.15. The highest BCUT2D eigenvalue weighted by Crippen LogP contribution is 2.29. The second-order valence-electron chi connectivity index (χ2n) is 4.87. The van der Waals surface area contributed by atoms with Crippen LogP contribution in [0.25, 0.3) is 10.9 Å². The van der Waals surface area contributed by atoms with E-state index in [9.17, 15) is 4.79 Å². The first-order chi connectivity index (χ1) is 10.6. The maximum Gasteiger partial charge on any atom is 0.344 e. The molecule has 0 fully saturated rings. The number of aromatic nitrogens is 1. The molecule has 6 heteroatoms. The summed E-state index contributed by atoms with van der Waals surface area (Å²) < 4.78 is 15.8. The number of halogens is 1. The molecule has 0 spiro atoms. The molecule has 0 amide bonds. The predicted molar refractivity (Wildman–Crippen MR) is 84.3 cm³/mol. The van der Waals surface area contributed by atoms with Gasteiger partial charge in [0, 0.05) is 11.6 Å². The van der Waals surface area contributed by atoms with Gasteiger partial charge in [-0.3, -0.25) is 4.98 Å². The zero-order chi connectivity index (χ0) is 15.9.